The SMILES string of the molecule is CCN1CCC[C@@H]2Cc3c(ccc(OC)c3OC)C[C@H]21. The molecule has 1 heterocycles. The van der Waals surface area contributed by atoms with Gasteiger partial charge in [0.25, 0.3) is 0 Å². The molecular weight excluding hydrogens is 250 g/mol. The van der Waals surface area contributed by atoms with Crippen molar-refractivity contribution in [1.29, 1.82) is 0 Å². The normalized spacial score (nSPS) is 25.8. The Morgan fingerprint density at radius 2 is 2.05 bits per heavy atom. The van der Waals surface area contributed by atoms with Crippen LogP contribution in [-0.2, 0) is 12.8 Å². The Morgan fingerprint density at radius 1 is 1.20 bits per heavy atom. The summed E-state index contributed by atoms with van der Waals surface area (Å²) in [6, 6.07) is 5.01. The van der Waals surface area contributed by atoms with Gasteiger partial charge in [-0.15, -0.1) is 0 Å². The summed E-state index contributed by atoms with van der Waals surface area (Å²) in [5, 5.41) is 0. The van der Waals surface area contributed by atoms with Gasteiger partial charge in [0.05, 0.1) is 14.2 Å². The van der Waals surface area contributed by atoms with E-state index in [2.05, 4.69) is 24.0 Å². The highest BCUT2D eigenvalue weighted by atomic mass is 16.5. The van der Waals surface area contributed by atoms with E-state index in [1.807, 2.05) is 0 Å². The Bertz CT molecular complexity index is 486. The molecule has 0 aromatic heterocycles. The molecule has 0 N–H and O–H groups in total. The highest BCUT2D eigenvalue weighted by Crippen LogP contribution is 2.42. The molecule has 0 radical (unpaired) electrons. The molecule has 0 saturated carbocycles. The van der Waals surface area contributed by atoms with E-state index in [4.69, 9.17) is 9.47 Å². The zero-order chi connectivity index (χ0) is 14.1. The second-order valence-corrected chi connectivity index (χ2v) is 5.95. The van der Waals surface area contributed by atoms with Crippen LogP contribution in [0.4, 0.5) is 0 Å². The number of likely N-dealkylation sites (N-methyl/N-ethyl adjacent to an activating group) is 1. The summed E-state index contributed by atoms with van der Waals surface area (Å²) < 4.78 is 11.1. The van der Waals surface area contributed by atoms with Crippen LogP contribution in [-0.4, -0.2) is 38.3 Å². The van der Waals surface area contributed by atoms with Gasteiger partial charge in [0.2, 0.25) is 0 Å². The molecule has 110 valence electrons. The molecule has 1 saturated heterocycles. The van der Waals surface area contributed by atoms with Crippen molar-refractivity contribution < 1.29 is 9.47 Å². The largest absolute Gasteiger partial charge is 0.493 e. The average Bonchev–Trinajstić information content (AvgIpc) is 2.51. The van der Waals surface area contributed by atoms with Crippen LogP contribution in [0, 0.1) is 5.92 Å². The van der Waals surface area contributed by atoms with Crippen LogP contribution in [0.3, 0.4) is 0 Å². The molecule has 1 aliphatic heterocycles. The number of methoxy groups -OCH3 is 2. The number of rotatable bonds is 3. The minimum Gasteiger partial charge on any atom is -0.493 e. The van der Waals surface area contributed by atoms with Crippen LogP contribution in [0.1, 0.15) is 30.9 Å². The Labute approximate surface area is 121 Å². The van der Waals surface area contributed by atoms with Gasteiger partial charge in [-0.25, -0.2) is 0 Å². The summed E-state index contributed by atoms with van der Waals surface area (Å²) in [4.78, 5) is 2.66. The third-order valence-corrected chi connectivity index (χ3v) is 5.08. The first-order valence-corrected chi connectivity index (χ1v) is 7.75. The van der Waals surface area contributed by atoms with Crippen molar-refractivity contribution in [2.24, 2.45) is 5.92 Å². The standard InChI is InChI=1S/C17H25NO2/c1-4-18-9-5-6-13-10-14-12(11-15(13)18)7-8-16(19-2)17(14)20-3/h7-8,13,15H,4-6,9-11H2,1-3H3/t13-,15-/m1/s1. The quantitative estimate of drug-likeness (QED) is 0.846. The van der Waals surface area contributed by atoms with Crippen molar-refractivity contribution in [2.45, 2.75) is 38.6 Å². The van der Waals surface area contributed by atoms with Crippen molar-refractivity contribution in [1.82, 2.24) is 4.90 Å². The molecule has 0 bridgehead atoms. The van der Waals surface area contributed by atoms with Gasteiger partial charge in [-0.1, -0.05) is 13.0 Å². The van der Waals surface area contributed by atoms with Crippen molar-refractivity contribution in [3.8, 4) is 11.5 Å². The Balaban J connectivity index is 1.97. The average molecular weight is 275 g/mol. The first-order chi connectivity index (χ1) is 9.78. The molecule has 3 nitrogen and oxygen atoms in total. The van der Waals surface area contributed by atoms with E-state index in [0.717, 1.165) is 36.3 Å². The van der Waals surface area contributed by atoms with E-state index in [1.165, 1.54) is 37.1 Å². The van der Waals surface area contributed by atoms with E-state index in [1.54, 1.807) is 14.2 Å². The second-order valence-electron chi connectivity index (χ2n) is 5.95. The predicted molar refractivity (Wildman–Crippen MR) is 80.7 cm³/mol. The zero-order valence-electron chi connectivity index (χ0n) is 12.8. The van der Waals surface area contributed by atoms with Crippen molar-refractivity contribution in [2.75, 3.05) is 27.3 Å². The topological polar surface area (TPSA) is 21.7 Å². The number of hydrogen-bond acceptors (Lipinski definition) is 3. The van der Waals surface area contributed by atoms with E-state index in [-0.39, 0.29) is 0 Å². The Morgan fingerprint density at radius 3 is 2.75 bits per heavy atom. The molecule has 0 amide bonds. The molecule has 1 fully saturated rings. The van der Waals surface area contributed by atoms with E-state index in [0.29, 0.717) is 0 Å². The maximum Gasteiger partial charge on any atom is 0.164 e. The van der Waals surface area contributed by atoms with E-state index < -0.39 is 0 Å². The third-order valence-electron chi connectivity index (χ3n) is 5.08. The smallest absolute Gasteiger partial charge is 0.164 e. The van der Waals surface area contributed by atoms with Crippen molar-refractivity contribution >= 4 is 0 Å². The van der Waals surface area contributed by atoms with Gasteiger partial charge < -0.3 is 14.4 Å². The van der Waals surface area contributed by atoms with Gasteiger partial charge in [0.15, 0.2) is 11.5 Å². The van der Waals surface area contributed by atoms with Crippen LogP contribution in [0.25, 0.3) is 0 Å². The monoisotopic (exact) mass is 275 g/mol. The highest BCUT2D eigenvalue weighted by Gasteiger charge is 2.36. The number of benzene rings is 1. The van der Waals surface area contributed by atoms with Crippen molar-refractivity contribution in [3.05, 3.63) is 23.3 Å². The molecule has 2 atom stereocenters. The molecule has 1 aromatic carbocycles. The lowest BCUT2D eigenvalue weighted by Crippen LogP contribution is -2.49. The minimum atomic E-state index is 0.722. The molecule has 0 unspecified atom stereocenters. The van der Waals surface area contributed by atoms with E-state index >= 15 is 0 Å². The minimum absolute atomic E-state index is 0.722. The van der Waals surface area contributed by atoms with Gasteiger partial charge in [0, 0.05) is 11.6 Å². The molecule has 2 aliphatic rings. The number of ether oxygens (including phenoxy) is 2. The molecule has 3 heteroatoms. The molecule has 1 aliphatic carbocycles. The molecular formula is C17H25NO2. The number of piperidine rings is 1. The maximum absolute atomic E-state index is 5.63. The summed E-state index contributed by atoms with van der Waals surface area (Å²) in [7, 11) is 3.47. The van der Waals surface area contributed by atoms with Gasteiger partial charge >= 0.3 is 0 Å². The Kier molecular flexibility index (Phi) is 3.88. The van der Waals surface area contributed by atoms with Gasteiger partial charge in [-0.2, -0.15) is 0 Å². The van der Waals surface area contributed by atoms with Crippen LogP contribution in [0.15, 0.2) is 12.1 Å². The van der Waals surface area contributed by atoms with Crippen molar-refractivity contribution in [3.63, 3.8) is 0 Å². The molecule has 3 rings (SSSR count). The van der Waals surface area contributed by atoms with Crippen LogP contribution in [0.2, 0.25) is 0 Å². The molecule has 20 heavy (non-hydrogen) atoms. The number of fused-ring (bicyclic) bond motifs is 2. The number of nitrogens with zero attached hydrogens (tertiary/aromatic N) is 1. The lowest BCUT2D eigenvalue weighted by atomic mass is 9.75. The fourth-order valence-corrected chi connectivity index (χ4v) is 4.07. The lowest BCUT2D eigenvalue weighted by molar-refractivity contribution is 0.0901. The van der Waals surface area contributed by atoms with Crippen LogP contribution >= 0.6 is 0 Å². The zero-order valence-corrected chi connectivity index (χ0v) is 12.8. The summed E-state index contributed by atoms with van der Waals surface area (Å²) >= 11 is 0. The fourth-order valence-electron chi connectivity index (χ4n) is 4.07. The Hall–Kier alpha value is -1.22. The summed E-state index contributed by atoms with van der Waals surface area (Å²) in [6.07, 6.45) is 4.97. The maximum atomic E-state index is 5.63. The number of likely N-dealkylation sites (tertiary alicyclic amines) is 1. The highest BCUT2D eigenvalue weighted by molar-refractivity contribution is 5.52. The van der Waals surface area contributed by atoms with Gasteiger partial charge in [0.1, 0.15) is 0 Å². The summed E-state index contributed by atoms with van der Waals surface area (Å²) in [5.41, 5.74) is 2.83. The molecule has 0 spiro atoms. The van der Waals surface area contributed by atoms with Crippen LogP contribution < -0.4 is 9.47 Å². The first-order valence-electron chi connectivity index (χ1n) is 7.75. The lowest BCUT2D eigenvalue weighted by Gasteiger charge is -2.44. The van der Waals surface area contributed by atoms with Crippen LogP contribution in [0.5, 0.6) is 11.5 Å². The number of hydrogen-bond donors (Lipinski definition) is 0. The van der Waals surface area contributed by atoms with E-state index in [9.17, 15) is 0 Å². The van der Waals surface area contributed by atoms with Gasteiger partial charge in [-0.3, -0.25) is 0 Å². The molecule has 1 aromatic rings. The van der Waals surface area contributed by atoms with Gasteiger partial charge in [-0.05, 0) is 56.3 Å². The summed E-state index contributed by atoms with van der Waals surface area (Å²) in [5.74, 6) is 2.60. The first kappa shape index (κ1) is 13.7. The summed E-state index contributed by atoms with van der Waals surface area (Å²) in [6.45, 7) is 4.72. The third kappa shape index (κ3) is 2.18. The predicted octanol–water partition coefficient (Wildman–Crippen LogP) is 2.90. The second kappa shape index (κ2) is 5.65. The fraction of sp³-hybridized carbons (Fsp3) is 0.647.